The van der Waals surface area contributed by atoms with Crippen molar-refractivity contribution in [3.8, 4) is 22.3 Å². The summed E-state index contributed by atoms with van der Waals surface area (Å²) in [7, 11) is 1.70. The molecule has 1 amide bonds. The molecule has 0 fully saturated rings. The third-order valence-electron chi connectivity index (χ3n) is 4.35. The molecule has 0 N–H and O–H groups in total. The van der Waals surface area contributed by atoms with Gasteiger partial charge in [-0.1, -0.05) is 18.2 Å². The molecular formula is C19H19N3O5S. The first-order valence-electron chi connectivity index (χ1n) is 8.84. The van der Waals surface area contributed by atoms with Gasteiger partial charge in [-0.25, -0.2) is 4.79 Å². The van der Waals surface area contributed by atoms with Crippen molar-refractivity contribution >= 4 is 17.2 Å². The topological polar surface area (TPSA) is 86.8 Å². The van der Waals surface area contributed by atoms with Crippen molar-refractivity contribution in [3.63, 3.8) is 0 Å². The van der Waals surface area contributed by atoms with Gasteiger partial charge >= 0.3 is 5.76 Å². The second-order valence-corrected chi connectivity index (χ2v) is 7.34. The van der Waals surface area contributed by atoms with E-state index in [1.807, 2.05) is 41.8 Å². The number of fused-ring (bicyclic) bond motifs is 1. The predicted octanol–water partition coefficient (Wildman–Crippen LogP) is 2.25. The van der Waals surface area contributed by atoms with Crippen molar-refractivity contribution in [1.29, 1.82) is 0 Å². The number of carbonyl (C=O) groups is 1. The first-order valence-corrected chi connectivity index (χ1v) is 9.72. The van der Waals surface area contributed by atoms with Crippen LogP contribution in [0.4, 0.5) is 0 Å². The maximum Gasteiger partial charge on any atom is 0.437 e. The number of ether oxygens (including phenoxy) is 2. The molecular weight excluding hydrogens is 382 g/mol. The molecule has 146 valence electrons. The normalized spacial score (nSPS) is 15.4. The van der Waals surface area contributed by atoms with Gasteiger partial charge in [0.1, 0.15) is 6.61 Å². The quantitative estimate of drug-likeness (QED) is 0.630. The first-order chi connectivity index (χ1) is 13.6. The summed E-state index contributed by atoms with van der Waals surface area (Å²) in [6.07, 6.45) is -0.110. The molecule has 4 rings (SSSR count). The van der Waals surface area contributed by atoms with Crippen molar-refractivity contribution in [2.24, 2.45) is 0 Å². The molecule has 0 bridgehead atoms. The molecule has 0 saturated heterocycles. The number of rotatable bonds is 6. The minimum absolute atomic E-state index is 0.116. The standard InChI is InChI=1S/C19H19N3O5S/c1-21(11-13-12-25-14-5-2-3-6-15(14)26-13)17(23)8-9-22-19(24)27-18(20-22)16-7-4-10-28-16/h2-7,10,13H,8-9,11-12H2,1H3/t13-/m1/s1. The Balaban J connectivity index is 1.31. The van der Waals surface area contributed by atoms with Gasteiger partial charge in [0.2, 0.25) is 5.91 Å². The second kappa shape index (κ2) is 7.89. The number of aryl methyl sites for hydroxylation is 1. The molecule has 1 aliphatic heterocycles. The predicted molar refractivity (Wildman–Crippen MR) is 103 cm³/mol. The van der Waals surface area contributed by atoms with Gasteiger partial charge in [-0.05, 0) is 23.6 Å². The fraction of sp³-hybridized carbons (Fsp3) is 0.316. The van der Waals surface area contributed by atoms with Crippen LogP contribution in [0.25, 0.3) is 10.8 Å². The van der Waals surface area contributed by atoms with Crippen LogP contribution in [0.1, 0.15) is 6.42 Å². The average Bonchev–Trinajstić information content (AvgIpc) is 3.36. The van der Waals surface area contributed by atoms with E-state index < -0.39 is 5.76 Å². The van der Waals surface area contributed by atoms with Gasteiger partial charge in [0.05, 0.1) is 18.0 Å². The van der Waals surface area contributed by atoms with Crippen molar-refractivity contribution in [2.45, 2.75) is 19.1 Å². The molecule has 28 heavy (non-hydrogen) atoms. The highest BCUT2D eigenvalue weighted by Gasteiger charge is 2.24. The zero-order valence-electron chi connectivity index (χ0n) is 15.2. The molecule has 3 heterocycles. The van der Waals surface area contributed by atoms with Crippen LogP contribution in [-0.2, 0) is 11.3 Å². The summed E-state index contributed by atoms with van der Waals surface area (Å²) in [4.78, 5) is 26.7. The third kappa shape index (κ3) is 3.94. The van der Waals surface area contributed by atoms with Crippen LogP contribution in [0.3, 0.4) is 0 Å². The van der Waals surface area contributed by atoms with Crippen LogP contribution < -0.4 is 15.2 Å². The van der Waals surface area contributed by atoms with Gasteiger partial charge in [-0.15, -0.1) is 16.4 Å². The highest BCUT2D eigenvalue weighted by molar-refractivity contribution is 7.13. The maximum absolute atomic E-state index is 12.4. The summed E-state index contributed by atoms with van der Waals surface area (Å²) < 4.78 is 17.9. The number of carbonyl (C=O) groups excluding carboxylic acids is 1. The van der Waals surface area contributed by atoms with Crippen LogP contribution >= 0.6 is 11.3 Å². The summed E-state index contributed by atoms with van der Waals surface area (Å²) in [6.45, 7) is 0.921. The van der Waals surface area contributed by atoms with Crippen LogP contribution in [0, 0.1) is 0 Å². The lowest BCUT2D eigenvalue weighted by Gasteiger charge is -2.29. The highest BCUT2D eigenvalue weighted by Crippen LogP contribution is 2.31. The van der Waals surface area contributed by atoms with Crippen molar-refractivity contribution in [1.82, 2.24) is 14.7 Å². The van der Waals surface area contributed by atoms with Crippen LogP contribution in [0.5, 0.6) is 11.5 Å². The van der Waals surface area contributed by atoms with Gasteiger partial charge < -0.3 is 18.8 Å². The van der Waals surface area contributed by atoms with Gasteiger partial charge in [-0.3, -0.25) is 4.79 Å². The molecule has 0 saturated carbocycles. The summed E-state index contributed by atoms with van der Waals surface area (Å²) in [6, 6.07) is 11.1. The van der Waals surface area contributed by atoms with Crippen LogP contribution in [-0.4, -0.2) is 46.9 Å². The van der Waals surface area contributed by atoms with E-state index in [4.69, 9.17) is 13.9 Å². The molecule has 2 aromatic heterocycles. The number of hydrogen-bond acceptors (Lipinski definition) is 7. The molecule has 0 radical (unpaired) electrons. The zero-order chi connectivity index (χ0) is 19.5. The van der Waals surface area contributed by atoms with Gasteiger partial charge in [0, 0.05) is 13.5 Å². The molecule has 0 spiro atoms. The van der Waals surface area contributed by atoms with Crippen LogP contribution in [0.2, 0.25) is 0 Å². The second-order valence-electron chi connectivity index (χ2n) is 6.40. The molecule has 1 aliphatic rings. The summed E-state index contributed by atoms with van der Waals surface area (Å²) in [5, 5.41) is 6.03. The Morgan fingerprint density at radius 2 is 2.11 bits per heavy atom. The lowest BCUT2D eigenvalue weighted by atomic mass is 10.2. The van der Waals surface area contributed by atoms with Gasteiger partial charge in [0.25, 0.3) is 5.89 Å². The molecule has 1 aromatic carbocycles. The Bertz CT molecular complexity index is 1010. The van der Waals surface area contributed by atoms with Crippen molar-refractivity contribution in [2.75, 3.05) is 20.2 Å². The Morgan fingerprint density at radius 1 is 1.29 bits per heavy atom. The molecule has 8 nitrogen and oxygen atoms in total. The molecule has 0 unspecified atom stereocenters. The smallest absolute Gasteiger partial charge is 0.437 e. The number of amides is 1. The number of para-hydroxylation sites is 2. The fourth-order valence-electron chi connectivity index (χ4n) is 2.90. The Hall–Kier alpha value is -3.07. The van der Waals surface area contributed by atoms with Crippen molar-refractivity contribution < 1.29 is 18.7 Å². The number of thiophene rings is 1. The number of nitrogens with zero attached hydrogens (tertiary/aromatic N) is 3. The molecule has 9 heteroatoms. The summed E-state index contributed by atoms with van der Waals surface area (Å²) >= 11 is 1.43. The minimum atomic E-state index is -0.570. The number of aromatic nitrogens is 2. The van der Waals surface area contributed by atoms with E-state index in [0.29, 0.717) is 24.7 Å². The van der Waals surface area contributed by atoms with E-state index in [1.165, 1.54) is 16.0 Å². The lowest BCUT2D eigenvalue weighted by molar-refractivity contribution is -0.131. The zero-order valence-corrected chi connectivity index (χ0v) is 16.1. The highest BCUT2D eigenvalue weighted by atomic mass is 32.1. The van der Waals surface area contributed by atoms with Crippen LogP contribution in [0.15, 0.2) is 51.0 Å². The fourth-order valence-corrected chi connectivity index (χ4v) is 3.54. The van der Waals surface area contributed by atoms with E-state index in [0.717, 1.165) is 4.88 Å². The number of benzene rings is 1. The Morgan fingerprint density at radius 3 is 2.89 bits per heavy atom. The van der Waals surface area contributed by atoms with E-state index in [-0.39, 0.29) is 30.9 Å². The average molecular weight is 401 g/mol. The molecule has 0 aliphatic carbocycles. The van der Waals surface area contributed by atoms with E-state index in [2.05, 4.69) is 5.10 Å². The minimum Gasteiger partial charge on any atom is -0.486 e. The summed E-state index contributed by atoms with van der Waals surface area (Å²) in [5.41, 5.74) is 0. The van der Waals surface area contributed by atoms with Crippen molar-refractivity contribution in [3.05, 3.63) is 52.3 Å². The molecule has 1 atom stereocenters. The van der Waals surface area contributed by atoms with E-state index in [1.54, 1.807) is 11.9 Å². The third-order valence-corrected chi connectivity index (χ3v) is 5.20. The first kappa shape index (κ1) is 18.3. The molecule has 3 aromatic rings. The lowest BCUT2D eigenvalue weighted by Crippen LogP contribution is -2.42. The maximum atomic E-state index is 12.4. The van der Waals surface area contributed by atoms with E-state index >= 15 is 0 Å². The van der Waals surface area contributed by atoms with Gasteiger partial charge in [-0.2, -0.15) is 4.68 Å². The Labute approximate surface area is 164 Å². The van der Waals surface area contributed by atoms with Gasteiger partial charge in [0.15, 0.2) is 17.6 Å². The summed E-state index contributed by atoms with van der Waals surface area (Å²) in [5.74, 6) is 0.969. The number of likely N-dealkylation sites (N-methyl/N-ethyl adjacent to an activating group) is 1. The Kier molecular flexibility index (Phi) is 5.16. The van der Waals surface area contributed by atoms with E-state index in [9.17, 15) is 9.59 Å². The monoisotopic (exact) mass is 401 g/mol. The SMILES string of the molecule is CN(C[C@@H]1COc2ccccc2O1)C(=O)CCn1nc(-c2cccs2)oc1=O. The largest absolute Gasteiger partial charge is 0.486 e. The number of hydrogen-bond donors (Lipinski definition) is 0.